The number of carbonyl (C=O) groups excluding carboxylic acids is 2. The quantitative estimate of drug-likeness (QED) is 0.652. The van der Waals surface area contributed by atoms with Gasteiger partial charge in [0.2, 0.25) is 5.91 Å². The van der Waals surface area contributed by atoms with E-state index in [1.165, 1.54) is 4.90 Å². The highest BCUT2D eigenvalue weighted by Gasteiger charge is 2.32. The topological polar surface area (TPSA) is 78.4 Å². The molecule has 4 rings (SSSR count). The van der Waals surface area contributed by atoms with Gasteiger partial charge in [0, 0.05) is 17.2 Å². The van der Waals surface area contributed by atoms with Crippen molar-refractivity contribution in [3.8, 4) is 0 Å². The van der Waals surface area contributed by atoms with Crippen LogP contribution in [-0.4, -0.2) is 35.4 Å². The van der Waals surface area contributed by atoms with Crippen molar-refractivity contribution in [3.63, 3.8) is 0 Å². The van der Waals surface area contributed by atoms with E-state index in [4.69, 9.17) is 0 Å². The second kappa shape index (κ2) is 7.63. The van der Waals surface area contributed by atoms with Crippen LogP contribution in [0.5, 0.6) is 0 Å². The highest BCUT2D eigenvalue weighted by Crippen LogP contribution is 2.37. The van der Waals surface area contributed by atoms with Gasteiger partial charge in [0.25, 0.3) is 5.91 Å². The average molecular weight is 452 g/mol. The Balaban J connectivity index is 1.71. The summed E-state index contributed by atoms with van der Waals surface area (Å²) in [6, 6.07) is 14.5. The summed E-state index contributed by atoms with van der Waals surface area (Å²) >= 11 is 3.37. The van der Waals surface area contributed by atoms with Crippen LogP contribution in [0.4, 0.5) is 22.9 Å². The minimum Gasteiger partial charge on any atom is -0.327 e. The fraction of sp³-hybridized carbons (Fsp3) is 0.143. The van der Waals surface area contributed by atoms with Crippen LogP contribution < -0.4 is 15.1 Å². The zero-order valence-corrected chi connectivity index (χ0v) is 17.5. The molecule has 2 heterocycles. The lowest BCUT2D eigenvalue weighted by Gasteiger charge is -2.23. The van der Waals surface area contributed by atoms with Gasteiger partial charge < -0.3 is 10.2 Å². The summed E-state index contributed by atoms with van der Waals surface area (Å²) in [4.78, 5) is 38.1. The number of amides is 2. The van der Waals surface area contributed by atoms with Crippen molar-refractivity contribution in [1.29, 1.82) is 0 Å². The van der Waals surface area contributed by atoms with E-state index in [1.807, 2.05) is 36.2 Å². The summed E-state index contributed by atoms with van der Waals surface area (Å²) in [5, 5.41) is 2.83. The van der Waals surface area contributed by atoms with E-state index in [-0.39, 0.29) is 18.4 Å². The van der Waals surface area contributed by atoms with Crippen molar-refractivity contribution in [1.82, 2.24) is 9.97 Å². The zero-order chi connectivity index (χ0) is 20.5. The van der Waals surface area contributed by atoms with Crippen molar-refractivity contribution in [2.45, 2.75) is 6.92 Å². The van der Waals surface area contributed by atoms with E-state index in [1.54, 1.807) is 37.4 Å². The van der Waals surface area contributed by atoms with Gasteiger partial charge in [0.15, 0.2) is 5.82 Å². The minimum atomic E-state index is -0.311. The Morgan fingerprint density at radius 1 is 1.10 bits per heavy atom. The van der Waals surface area contributed by atoms with Gasteiger partial charge in [0.05, 0.1) is 17.4 Å². The van der Waals surface area contributed by atoms with E-state index in [9.17, 15) is 9.59 Å². The molecule has 1 aliphatic heterocycles. The Kier molecular flexibility index (Phi) is 5.02. The predicted octanol–water partition coefficient (Wildman–Crippen LogP) is 3.91. The van der Waals surface area contributed by atoms with Gasteiger partial charge in [-0.15, -0.1) is 0 Å². The molecule has 0 unspecified atom stereocenters. The molecule has 1 aliphatic rings. The third kappa shape index (κ3) is 3.71. The van der Waals surface area contributed by atoms with E-state index < -0.39 is 0 Å². The monoisotopic (exact) mass is 451 g/mol. The molecule has 2 aromatic carbocycles. The maximum absolute atomic E-state index is 13.3. The number of aromatic nitrogens is 2. The maximum atomic E-state index is 13.3. The molecule has 0 aliphatic carbocycles. The maximum Gasteiger partial charge on any atom is 0.261 e. The zero-order valence-electron chi connectivity index (χ0n) is 15.9. The number of nitrogens with zero attached hydrogens (tertiary/aromatic N) is 4. The fourth-order valence-electron chi connectivity index (χ4n) is 3.24. The third-order valence-corrected chi connectivity index (χ3v) is 5.18. The van der Waals surface area contributed by atoms with Crippen LogP contribution in [0.2, 0.25) is 0 Å². The molecule has 2 amide bonds. The standard InChI is InChI=1S/C21H18BrN5O2/c1-13-23-11-18-20(24-13)26(2)17-6-4-3-5-16(17)21(29)27(18)12-19(28)25-15-9-7-14(22)8-10-15/h3-11H,12H2,1-2H3,(H,25,28). The molecule has 0 saturated carbocycles. The first-order valence-electron chi connectivity index (χ1n) is 8.98. The van der Waals surface area contributed by atoms with Crippen LogP contribution in [0.1, 0.15) is 16.2 Å². The third-order valence-electron chi connectivity index (χ3n) is 4.65. The van der Waals surface area contributed by atoms with Gasteiger partial charge in [-0.3, -0.25) is 14.5 Å². The number of aryl methyl sites for hydroxylation is 1. The second-order valence-electron chi connectivity index (χ2n) is 6.65. The smallest absolute Gasteiger partial charge is 0.261 e. The van der Waals surface area contributed by atoms with Crippen LogP contribution in [0.15, 0.2) is 59.2 Å². The molecule has 1 N–H and O–H groups in total. The number of carbonyl (C=O) groups is 2. The number of benzene rings is 2. The van der Waals surface area contributed by atoms with Crippen LogP contribution in [0.3, 0.4) is 0 Å². The molecular weight excluding hydrogens is 434 g/mol. The van der Waals surface area contributed by atoms with Gasteiger partial charge in [-0.2, -0.15) is 0 Å². The molecule has 0 bridgehead atoms. The normalized spacial score (nSPS) is 12.9. The lowest BCUT2D eigenvalue weighted by atomic mass is 10.1. The summed E-state index contributed by atoms with van der Waals surface area (Å²) in [5.74, 6) is 0.577. The van der Waals surface area contributed by atoms with Crippen molar-refractivity contribution >= 4 is 50.6 Å². The molecule has 29 heavy (non-hydrogen) atoms. The SMILES string of the molecule is Cc1ncc2c(n1)N(C)c1ccccc1C(=O)N2CC(=O)Nc1ccc(Br)cc1. The molecule has 1 aromatic heterocycles. The highest BCUT2D eigenvalue weighted by atomic mass is 79.9. The first-order valence-corrected chi connectivity index (χ1v) is 9.77. The van der Waals surface area contributed by atoms with Gasteiger partial charge in [-0.25, -0.2) is 9.97 Å². The number of nitrogens with one attached hydrogen (secondary N) is 1. The van der Waals surface area contributed by atoms with Crippen molar-refractivity contribution < 1.29 is 9.59 Å². The van der Waals surface area contributed by atoms with Crippen molar-refractivity contribution in [3.05, 3.63) is 70.6 Å². The average Bonchev–Trinajstić information content (AvgIpc) is 2.80. The largest absolute Gasteiger partial charge is 0.327 e. The molecule has 3 aromatic rings. The van der Waals surface area contributed by atoms with Crippen molar-refractivity contribution in [2.75, 3.05) is 28.7 Å². The Hall–Kier alpha value is -3.26. The number of rotatable bonds is 3. The first-order chi connectivity index (χ1) is 13.9. The summed E-state index contributed by atoms with van der Waals surface area (Å²) in [6.45, 7) is 1.63. The predicted molar refractivity (Wildman–Crippen MR) is 116 cm³/mol. The minimum absolute atomic E-state index is 0.156. The molecule has 7 nitrogen and oxygen atoms in total. The van der Waals surface area contributed by atoms with Gasteiger partial charge in [-0.05, 0) is 43.3 Å². The molecule has 146 valence electrons. The van der Waals surface area contributed by atoms with Crippen LogP contribution in [0, 0.1) is 6.92 Å². The van der Waals surface area contributed by atoms with E-state index >= 15 is 0 Å². The van der Waals surface area contributed by atoms with E-state index in [0.717, 1.165) is 10.2 Å². The fourth-order valence-corrected chi connectivity index (χ4v) is 3.50. The lowest BCUT2D eigenvalue weighted by molar-refractivity contribution is -0.114. The van der Waals surface area contributed by atoms with Gasteiger partial charge in [0.1, 0.15) is 18.1 Å². The Labute approximate surface area is 176 Å². The van der Waals surface area contributed by atoms with E-state index in [2.05, 4.69) is 31.2 Å². The molecule has 0 saturated heterocycles. The van der Waals surface area contributed by atoms with E-state index in [0.29, 0.717) is 28.6 Å². The molecule has 8 heteroatoms. The molecule has 0 atom stereocenters. The number of hydrogen-bond acceptors (Lipinski definition) is 5. The highest BCUT2D eigenvalue weighted by molar-refractivity contribution is 9.10. The number of fused-ring (bicyclic) bond motifs is 2. The number of hydrogen-bond donors (Lipinski definition) is 1. The number of para-hydroxylation sites is 1. The van der Waals surface area contributed by atoms with Gasteiger partial charge >= 0.3 is 0 Å². The summed E-state index contributed by atoms with van der Waals surface area (Å²) < 4.78 is 0.916. The molecule has 0 radical (unpaired) electrons. The number of halogens is 1. The molecular formula is C21H18BrN5O2. The molecule has 0 spiro atoms. The van der Waals surface area contributed by atoms with Gasteiger partial charge in [-0.1, -0.05) is 28.1 Å². The Bertz CT molecular complexity index is 1100. The molecule has 0 fully saturated rings. The summed E-state index contributed by atoms with van der Waals surface area (Å²) in [6.07, 6.45) is 1.59. The van der Waals surface area contributed by atoms with Crippen LogP contribution >= 0.6 is 15.9 Å². The second-order valence-corrected chi connectivity index (χ2v) is 7.56. The summed E-state index contributed by atoms with van der Waals surface area (Å²) in [7, 11) is 1.85. The Morgan fingerprint density at radius 3 is 2.59 bits per heavy atom. The summed E-state index contributed by atoms with van der Waals surface area (Å²) in [5.41, 5.74) is 2.37. The van der Waals surface area contributed by atoms with Crippen LogP contribution in [-0.2, 0) is 4.79 Å². The van der Waals surface area contributed by atoms with Crippen molar-refractivity contribution in [2.24, 2.45) is 0 Å². The first kappa shape index (κ1) is 19.1. The lowest BCUT2D eigenvalue weighted by Crippen LogP contribution is -2.38. The van der Waals surface area contributed by atoms with Crippen LogP contribution in [0.25, 0.3) is 0 Å². The Morgan fingerprint density at radius 2 is 1.83 bits per heavy atom. The number of anilines is 4.